The van der Waals surface area contributed by atoms with E-state index in [0.717, 1.165) is 5.56 Å². The number of benzene rings is 2. The molecule has 0 aliphatic carbocycles. The Hall–Kier alpha value is -2.62. The number of aromatic amines is 1. The lowest BCUT2D eigenvalue weighted by molar-refractivity contribution is 0.481. The lowest BCUT2D eigenvalue weighted by Crippen LogP contribution is -2.05. The standard InChI is InChI=1S/C15H10FNO2/c16-10-6-4-9(5-7-10)12-8-17-15(19)11-2-1-3-13(18)14(11)12/h1-8,18H,(H,17,19). The van der Waals surface area contributed by atoms with Crippen molar-refractivity contribution >= 4 is 10.8 Å². The molecule has 0 amide bonds. The molecule has 2 N–H and O–H groups in total. The quantitative estimate of drug-likeness (QED) is 0.702. The molecular formula is C15H10FNO2. The molecule has 0 atom stereocenters. The number of H-pyrrole nitrogens is 1. The summed E-state index contributed by atoms with van der Waals surface area (Å²) in [5.74, 6) is -0.301. The van der Waals surface area contributed by atoms with Crippen LogP contribution in [-0.4, -0.2) is 10.1 Å². The molecule has 0 bridgehead atoms. The van der Waals surface area contributed by atoms with Gasteiger partial charge in [0.2, 0.25) is 0 Å². The number of halogens is 1. The summed E-state index contributed by atoms with van der Waals surface area (Å²) in [5.41, 5.74) is 1.12. The number of phenols is 1. The molecule has 3 aromatic rings. The average Bonchev–Trinajstić information content (AvgIpc) is 2.41. The summed E-state index contributed by atoms with van der Waals surface area (Å²) in [4.78, 5) is 14.4. The SMILES string of the molecule is O=c1[nH]cc(-c2ccc(F)cc2)c2c(O)cccc12. The topological polar surface area (TPSA) is 53.1 Å². The maximum absolute atomic E-state index is 13.0. The van der Waals surface area contributed by atoms with Crippen LogP contribution < -0.4 is 5.56 Å². The highest BCUT2D eigenvalue weighted by atomic mass is 19.1. The normalized spacial score (nSPS) is 10.8. The van der Waals surface area contributed by atoms with Crippen LogP contribution in [0, 0.1) is 5.82 Å². The fourth-order valence-electron chi connectivity index (χ4n) is 2.16. The van der Waals surface area contributed by atoms with Gasteiger partial charge in [-0.1, -0.05) is 18.2 Å². The van der Waals surface area contributed by atoms with Gasteiger partial charge in [0.15, 0.2) is 0 Å². The van der Waals surface area contributed by atoms with Gasteiger partial charge in [-0.3, -0.25) is 4.79 Å². The van der Waals surface area contributed by atoms with E-state index in [2.05, 4.69) is 4.98 Å². The third kappa shape index (κ3) is 1.87. The monoisotopic (exact) mass is 255 g/mol. The molecule has 0 saturated heterocycles. The summed E-state index contributed by atoms with van der Waals surface area (Å²) in [6, 6.07) is 10.7. The van der Waals surface area contributed by atoms with Gasteiger partial charge in [0.1, 0.15) is 11.6 Å². The Kier molecular flexibility index (Phi) is 2.56. The molecule has 0 aliphatic heterocycles. The van der Waals surface area contributed by atoms with Crippen LogP contribution in [0.25, 0.3) is 21.9 Å². The second-order valence-electron chi connectivity index (χ2n) is 4.24. The Morgan fingerprint density at radius 1 is 1.05 bits per heavy atom. The molecule has 94 valence electrons. The van der Waals surface area contributed by atoms with Crippen molar-refractivity contribution in [3.63, 3.8) is 0 Å². The molecule has 2 aromatic carbocycles. The Morgan fingerprint density at radius 2 is 1.79 bits per heavy atom. The van der Waals surface area contributed by atoms with Gasteiger partial charge in [-0.25, -0.2) is 4.39 Å². The number of aromatic hydroxyl groups is 1. The minimum atomic E-state index is -0.332. The van der Waals surface area contributed by atoms with E-state index in [4.69, 9.17) is 0 Å². The van der Waals surface area contributed by atoms with Crippen molar-refractivity contribution in [2.45, 2.75) is 0 Å². The Labute approximate surface area is 108 Å². The molecule has 1 aromatic heterocycles. The number of fused-ring (bicyclic) bond motifs is 1. The molecule has 0 aliphatic rings. The summed E-state index contributed by atoms with van der Waals surface area (Å²) in [5, 5.41) is 10.8. The summed E-state index contributed by atoms with van der Waals surface area (Å²) in [6.45, 7) is 0. The van der Waals surface area contributed by atoms with E-state index in [1.165, 1.54) is 24.4 Å². The van der Waals surface area contributed by atoms with E-state index in [0.29, 0.717) is 16.3 Å². The van der Waals surface area contributed by atoms with E-state index in [-0.39, 0.29) is 17.1 Å². The zero-order valence-corrected chi connectivity index (χ0v) is 9.85. The number of nitrogens with one attached hydrogen (secondary N) is 1. The third-order valence-corrected chi connectivity index (χ3v) is 3.06. The Bertz CT molecular complexity index is 806. The van der Waals surface area contributed by atoms with Crippen LogP contribution in [-0.2, 0) is 0 Å². The van der Waals surface area contributed by atoms with Gasteiger partial charge in [0.05, 0.1) is 5.39 Å². The van der Waals surface area contributed by atoms with E-state index < -0.39 is 0 Å². The number of phenolic OH excluding ortho intramolecular Hbond substituents is 1. The van der Waals surface area contributed by atoms with Gasteiger partial charge in [-0.15, -0.1) is 0 Å². The van der Waals surface area contributed by atoms with Crippen molar-refractivity contribution in [1.29, 1.82) is 0 Å². The minimum Gasteiger partial charge on any atom is -0.507 e. The van der Waals surface area contributed by atoms with E-state index in [1.807, 2.05) is 0 Å². The van der Waals surface area contributed by atoms with Crippen LogP contribution in [0.3, 0.4) is 0 Å². The fraction of sp³-hybridized carbons (Fsp3) is 0. The van der Waals surface area contributed by atoms with Crippen molar-refractivity contribution in [2.24, 2.45) is 0 Å². The Morgan fingerprint density at radius 3 is 2.53 bits per heavy atom. The maximum atomic E-state index is 13.0. The highest BCUT2D eigenvalue weighted by molar-refractivity contribution is 5.99. The van der Waals surface area contributed by atoms with Crippen LogP contribution in [0.2, 0.25) is 0 Å². The van der Waals surface area contributed by atoms with Gasteiger partial charge >= 0.3 is 0 Å². The predicted molar refractivity (Wildman–Crippen MR) is 71.6 cm³/mol. The molecule has 0 radical (unpaired) electrons. The molecule has 3 rings (SSSR count). The maximum Gasteiger partial charge on any atom is 0.255 e. The van der Waals surface area contributed by atoms with Crippen LogP contribution in [0.1, 0.15) is 0 Å². The summed E-state index contributed by atoms with van der Waals surface area (Å²) in [7, 11) is 0. The zero-order valence-electron chi connectivity index (χ0n) is 9.85. The molecular weight excluding hydrogens is 245 g/mol. The van der Waals surface area contributed by atoms with Gasteiger partial charge in [-0.05, 0) is 29.8 Å². The summed E-state index contributed by atoms with van der Waals surface area (Å²) in [6.07, 6.45) is 1.53. The first-order chi connectivity index (χ1) is 9.16. The number of pyridine rings is 1. The molecule has 0 fully saturated rings. The van der Waals surface area contributed by atoms with Crippen LogP contribution in [0.4, 0.5) is 4.39 Å². The molecule has 0 saturated carbocycles. The van der Waals surface area contributed by atoms with Crippen molar-refractivity contribution in [1.82, 2.24) is 4.98 Å². The van der Waals surface area contributed by atoms with Gasteiger partial charge in [-0.2, -0.15) is 0 Å². The highest BCUT2D eigenvalue weighted by Crippen LogP contribution is 2.32. The van der Waals surface area contributed by atoms with E-state index in [9.17, 15) is 14.3 Å². The van der Waals surface area contributed by atoms with Crippen LogP contribution >= 0.6 is 0 Å². The predicted octanol–water partition coefficient (Wildman–Crippen LogP) is 3.04. The second kappa shape index (κ2) is 4.24. The average molecular weight is 255 g/mol. The highest BCUT2D eigenvalue weighted by Gasteiger charge is 2.10. The lowest BCUT2D eigenvalue weighted by atomic mass is 10.0. The van der Waals surface area contributed by atoms with Crippen molar-refractivity contribution < 1.29 is 9.50 Å². The van der Waals surface area contributed by atoms with Gasteiger partial charge in [0, 0.05) is 17.1 Å². The second-order valence-corrected chi connectivity index (χ2v) is 4.24. The van der Waals surface area contributed by atoms with Gasteiger partial charge < -0.3 is 10.1 Å². The van der Waals surface area contributed by atoms with Crippen molar-refractivity contribution in [3.8, 4) is 16.9 Å². The fourth-order valence-corrected chi connectivity index (χ4v) is 2.16. The number of hydrogen-bond acceptors (Lipinski definition) is 2. The number of hydrogen-bond donors (Lipinski definition) is 2. The van der Waals surface area contributed by atoms with Crippen LogP contribution in [0.5, 0.6) is 5.75 Å². The molecule has 19 heavy (non-hydrogen) atoms. The summed E-state index contributed by atoms with van der Waals surface area (Å²) < 4.78 is 13.0. The Balaban J connectivity index is 2.39. The first-order valence-corrected chi connectivity index (χ1v) is 5.76. The number of aromatic nitrogens is 1. The van der Waals surface area contributed by atoms with Crippen molar-refractivity contribution in [3.05, 3.63) is 64.8 Å². The summed E-state index contributed by atoms with van der Waals surface area (Å²) >= 11 is 0. The first kappa shape index (κ1) is 11.5. The molecule has 4 heteroatoms. The molecule has 0 unspecified atom stereocenters. The van der Waals surface area contributed by atoms with E-state index in [1.54, 1.807) is 24.3 Å². The third-order valence-electron chi connectivity index (χ3n) is 3.06. The lowest BCUT2D eigenvalue weighted by Gasteiger charge is -2.07. The molecule has 3 nitrogen and oxygen atoms in total. The first-order valence-electron chi connectivity index (χ1n) is 5.76. The minimum absolute atomic E-state index is 0.0305. The largest absolute Gasteiger partial charge is 0.507 e. The zero-order chi connectivity index (χ0) is 13.4. The van der Waals surface area contributed by atoms with Crippen LogP contribution in [0.15, 0.2) is 53.5 Å². The number of rotatable bonds is 1. The van der Waals surface area contributed by atoms with Crippen molar-refractivity contribution in [2.75, 3.05) is 0 Å². The molecule has 1 heterocycles. The molecule has 0 spiro atoms. The van der Waals surface area contributed by atoms with E-state index >= 15 is 0 Å². The van der Waals surface area contributed by atoms with Gasteiger partial charge in [0.25, 0.3) is 5.56 Å². The smallest absolute Gasteiger partial charge is 0.255 e.